The highest BCUT2D eigenvalue weighted by atomic mass is 16.1. The summed E-state index contributed by atoms with van der Waals surface area (Å²) < 4.78 is 3.66. The van der Waals surface area contributed by atoms with Crippen molar-refractivity contribution in [3.05, 3.63) is 34.1 Å². The van der Waals surface area contributed by atoms with Crippen molar-refractivity contribution in [2.24, 2.45) is 12.8 Å². The van der Waals surface area contributed by atoms with E-state index in [1.807, 2.05) is 43.8 Å². The molecule has 4 heteroatoms. The lowest BCUT2D eigenvalue weighted by atomic mass is 10.1. The smallest absolute Gasteiger partial charge is 0.274 e. The molecule has 0 aliphatic heterocycles. The van der Waals surface area contributed by atoms with Gasteiger partial charge in [-0.15, -0.1) is 0 Å². The Balaban J connectivity index is 2.83. The van der Waals surface area contributed by atoms with Crippen LogP contribution in [0.5, 0.6) is 0 Å². The van der Waals surface area contributed by atoms with Crippen molar-refractivity contribution in [1.82, 2.24) is 9.36 Å². The zero-order valence-corrected chi connectivity index (χ0v) is 9.90. The first-order valence-corrected chi connectivity index (χ1v) is 5.46. The van der Waals surface area contributed by atoms with Gasteiger partial charge in [-0.3, -0.25) is 9.48 Å². The SMILES string of the molecule is CC(C)n1c(=O)c2cc(CN)ccc2n1C. The summed E-state index contributed by atoms with van der Waals surface area (Å²) in [6, 6.07) is 5.96. The van der Waals surface area contributed by atoms with E-state index >= 15 is 0 Å². The van der Waals surface area contributed by atoms with Crippen LogP contribution in [0.25, 0.3) is 10.9 Å². The maximum atomic E-state index is 12.2. The lowest BCUT2D eigenvalue weighted by Crippen LogP contribution is -2.23. The van der Waals surface area contributed by atoms with Crippen LogP contribution in [0.4, 0.5) is 0 Å². The van der Waals surface area contributed by atoms with Crippen LogP contribution >= 0.6 is 0 Å². The monoisotopic (exact) mass is 219 g/mol. The Kier molecular flexibility index (Phi) is 2.59. The summed E-state index contributed by atoms with van der Waals surface area (Å²) in [5.41, 5.74) is 7.58. The third-order valence-electron chi connectivity index (χ3n) is 2.90. The first-order chi connectivity index (χ1) is 7.56. The molecular weight excluding hydrogens is 202 g/mol. The van der Waals surface area contributed by atoms with Gasteiger partial charge in [0.2, 0.25) is 0 Å². The molecule has 16 heavy (non-hydrogen) atoms. The normalized spacial score (nSPS) is 11.6. The number of benzene rings is 1. The molecular formula is C12H17N3O. The van der Waals surface area contributed by atoms with E-state index in [-0.39, 0.29) is 11.6 Å². The lowest BCUT2D eigenvalue weighted by molar-refractivity contribution is 0.447. The van der Waals surface area contributed by atoms with Crippen LogP contribution < -0.4 is 11.3 Å². The second kappa shape index (κ2) is 3.79. The number of rotatable bonds is 2. The number of fused-ring (bicyclic) bond motifs is 1. The van der Waals surface area contributed by atoms with Crippen molar-refractivity contribution in [3.63, 3.8) is 0 Å². The van der Waals surface area contributed by atoms with Gasteiger partial charge in [0.05, 0.1) is 10.9 Å². The van der Waals surface area contributed by atoms with Gasteiger partial charge in [0, 0.05) is 19.6 Å². The minimum absolute atomic E-state index is 0.0581. The first kappa shape index (κ1) is 11.0. The number of nitrogens with two attached hydrogens (primary N) is 1. The molecule has 1 aromatic heterocycles. The Hall–Kier alpha value is -1.55. The first-order valence-electron chi connectivity index (χ1n) is 5.46. The van der Waals surface area contributed by atoms with Crippen molar-refractivity contribution in [2.45, 2.75) is 26.4 Å². The Morgan fingerprint density at radius 3 is 2.62 bits per heavy atom. The Bertz CT molecular complexity index is 578. The van der Waals surface area contributed by atoms with Crippen LogP contribution in [-0.4, -0.2) is 9.36 Å². The molecule has 0 amide bonds. The van der Waals surface area contributed by atoms with E-state index in [9.17, 15) is 4.79 Å². The van der Waals surface area contributed by atoms with Gasteiger partial charge in [-0.2, -0.15) is 0 Å². The lowest BCUT2D eigenvalue weighted by Gasteiger charge is -2.10. The predicted octanol–water partition coefficient (Wildman–Crippen LogP) is 1.38. The molecule has 0 unspecified atom stereocenters. The molecule has 86 valence electrons. The Morgan fingerprint density at radius 2 is 2.06 bits per heavy atom. The van der Waals surface area contributed by atoms with E-state index < -0.39 is 0 Å². The van der Waals surface area contributed by atoms with Crippen molar-refractivity contribution in [1.29, 1.82) is 0 Å². The number of hydrogen-bond donors (Lipinski definition) is 1. The van der Waals surface area contributed by atoms with Crippen molar-refractivity contribution in [2.75, 3.05) is 0 Å². The minimum Gasteiger partial charge on any atom is -0.326 e. The fourth-order valence-electron chi connectivity index (χ4n) is 2.12. The molecule has 0 fully saturated rings. The minimum atomic E-state index is 0.0581. The van der Waals surface area contributed by atoms with Gasteiger partial charge in [0.1, 0.15) is 0 Å². The third-order valence-corrected chi connectivity index (χ3v) is 2.90. The molecule has 1 heterocycles. The van der Waals surface area contributed by atoms with Crippen LogP contribution in [0, 0.1) is 0 Å². The maximum absolute atomic E-state index is 12.2. The van der Waals surface area contributed by atoms with Crippen molar-refractivity contribution < 1.29 is 0 Å². The summed E-state index contributed by atoms with van der Waals surface area (Å²) in [6.45, 7) is 4.47. The summed E-state index contributed by atoms with van der Waals surface area (Å²) in [7, 11) is 1.91. The molecule has 0 saturated heterocycles. The average molecular weight is 219 g/mol. The highest BCUT2D eigenvalue weighted by molar-refractivity contribution is 5.79. The van der Waals surface area contributed by atoms with E-state index in [0.717, 1.165) is 16.5 Å². The second-order valence-electron chi connectivity index (χ2n) is 4.32. The van der Waals surface area contributed by atoms with E-state index in [0.29, 0.717) is 6.54 Å². The maximum Gasteiger partial charge on any atom is 0.274 e. The third kappa shape index (κ3) is 1.46. The van der Waals surface area contributed by atoms with Gasteiger partial charge >= 0.3 is 0 Å². The molecule has 0 aliphatic rings. The summed E-state index contributed by atoms with van der Waals surface area (Å²) in [4.78, 5) is 12.2. The number of nitrogens with zero attached hydrogens (tertiary/aromatic N) is 2. The molecule has 2 rings (SSSR count). The molecule has 2 N–H and O–H groups in total. The largest absolute Gasteiger partial charge is 0.326 e. The fraction of sp³-hybridized carbons (Fsp3) is 0.417. The summed E-state index contributed by atoms with van der Waals surface area (Å²) >= 11 is 0. The van der Waals surface area contributed by atoms with Crippen LogP contribution in [0.1, 0.15) is 25.5 Å². The van der Waals surface area contributed by atoms with Gasteiger partial charge in [-0.05, 0) is 31.5 Å². The molecule has 0 spiro atoms. The molecule has 2 aromatic rings. The number of aryl methyl sites for hydroxylation is 1. The van der Waals surface area contributed by atoms with Crippen LogP contribution in [0.2, 0.25) is 0 Å². The second-order valence-corrected chi connectivity index (χ2v) is 4.32. The highest BCUT2D eigenvalue weighted by Gasteiger charge is 2.12. The topological polar surface area (TPSA) is 52.9 Å². The summed E-state index contributed by atoms with van der Waals surface area (Å²) in [6.07, 6.45) is 0. The number of hydrogen-bond acceptors (Lipinski definition) is 2. The molecule has 0 saturated carbocycles. The molecule has 1 aromatic carbocycles. The van der Waals surface area contributed by atoms with E-state index in [4.69, 9.17) is 5.73 Å². The summed E-state index contributed by atoms with van der Waals surface area (Å²) in [5, 5.41) is 0.749. The quantitative estimate of drug-likeness (QED) is 0.829. The molecule has 0 bridgehead atoms. The highest BCUT2D eigenvalue weighted by Crippen LogP contribution is 2.15. The van der Waals surface area contributed by atoms with Gasteiger partial charge in [0.25, 0.3) is 5.56 Å². The number of aromatic nitrogens is 2. The Morgan fingerprint density at radius 1 is 1.38 bits per heavy atom. The molecule has 0 aliphatic carbocycles. The average Bonchev–Trinajstić information content (AvgIpc) is 2.51. The summed E-state index contributed by atoms with van der Waals surface area (Å²) in [5.74, 6) is 0. The molecule has 4 nitrogen and oxygen atoms in total. The Labute approximate surface area is 94.3 Å². The molecule has 0 atom stereocenters. The van der Waals surface area contributed by atoms with Crippen LogP contribution in [-0.2, 0) is 13.6 Å². The van der Waals surface area contributed by atoms with Gasteiger partial charge in [-0.25, -0.2) is 4.68 Å². The van der Waals surface area contributed by atoms with Gasteiger partial charge in [0.15, 0.2) is 0 Å². The van der Waals surface area contributed by atoms with Crippen LogP contribution in [0.3, 0.4) is 0 Å². The van der Waals surface area contributed by atoms with E-state index in [2.05, 4.69) is 0 Å². The fourth-order valence-corrected chi connectivity index (χ4v) is 2.12. The molecule has 0 radical (unpaired) electrons. The van der Waals surface area contributed by atoms with E-state index in [1.54, 1.807) is 4.68 Å². The zero-order chi connectivity index (χ0) is 11.9. The zero-order valence-electron chi connectivity index (χ0n) is 9.90. The predicted molar refractivity (Wildman–Crippen MR) is 65.5 cm³/mol. The van der Waals surface area contributed by atoms with Crippen LogP contribution in [0.15, 0.2) is 23.0 Å². The van der Waals surface area contributed by atoms with Crippen molar-refractivity contribution >= 4 is 10.9 Å². The van der Waals surface area contributed by atoms with Gasteiger partial charge < -0.3 is 5.73 Å². The van der Waals surface area contributed by atoms with Gasteiger partial charge in [-0.1, -0.05) is 6.07 Å². The van der Waals surface area contributed by atoms with Crippen molar-refractivity contribution in [3.8, 4) is 0 Å². The standard InChI is InChI=1S/C12H17N3O/c1-8(2)15-12(16)10-6-9(7-13)4-5-11(10)14(15)3/h4-6,8H,7,13H2,1-3H3. The van der Waals surface area contributed by atoms with E-state index in [1.165, 1.54) is 0 Å².